The van der Waals surface area contributed by atoms with Crippen molar-refractivity contribution in [1.29, 1.82) is 0 Å². The molecule has 28 heavy (non-hydrogen) atoms. The van der Waals surface area contributed by atoms with Gasteiger partial charge in [-0.2, -0.15) is 0 Å². The third-order valence-corrected chi connectivity index (χ3v) is 7.02. The molecule has 2 heteroatoms. The van der Waals surface area contributed by atoms with Gasteiger partial charge in [0.2, 0.25) is 0 Å². The molecule has 5 rings (SSSR count). The normalized spacial score (nSPS) is 28.4. The number of piperidine rings is 1. The van der Waals surface area contributed by atoms with Gasteiger partial charge in [0.1, 0.15) is 11.2 Å². The Morgan fingerprint density at radius 3 is 2.64 bits per heavy atom. The van der Waals surface area contributed by atoms with Crippen LogP contribution < -0.4 is 5.32 Å². The molecule has 0 radical (unpaired) electrons. The summed E-state index contributed by atoms with van der Waals surface area (Å²) < 4.78 is 6.06. The van der Waals surface area contributed by atoms with Crippen LogP contribution in [0.15, 0.2) is 59.0 Å². The maximum atomic E-state index is 6.06. The highest BCUT2D eigenvalue weighted by Gasteiger charge is 2.36. The molecule has 1 aliphatic heterocycles. The predicted molar refractivity (Wildman–Crippen MR) is 118 cm³/mol. The molecular formula is C26H31NO. The first-order chi connectivity index (χ1) is 13.7. The topological polar surface area (TPSA) is 25.2 Å². The van der Waals surface area contributed by atoms with E-state index in [-0.39, 0.29) is 0 Å². The van der Waals surface area contributed by atoms with Crippen LogP contribution in [0.3, 0.4) is 0 Å². The SMILES string of the molecule is CC(C)C1CCC(c2ccc3oc4ccccc4c3c2)C(C2C=CCCC2)N1. The number of benzene rings is 2. The minimum absolute atomic E-state index is 0.535. The van der Waals surface area contributed by atoms with Crippen LogP contribution in [0.5, 0.6) is 0 Å². The van der Waals surface area contributed by atoms with Crippen LogP contribution in [0.4, 0.5) is 0 Å². The van der Waals surface area contributed by atoms with E-state index in [2.05, 4.69) is 67.7 Å². The van der Waals surface area contributed by atoms with Gasteiger partial charge < -0.3 is 9.73 Å². The van der Waals surface area contributed by atoms with Crippen LogP contribution >= 0.6 is 0 Å². The van der Waals surface area contributed by atoms with Crippen molar-refractivity contribution in [2.24, 2.45) is 11.8 Å². The van der Waals surface area contributed by atoms with Gasteiger partial charge in [-0.25, -0.2) is 0 Å². The second-order valence-electron chi connectivity index (χ2n) is 9.10. The lowest BCUT2D eigenvalue weighted by Crippen LogP contribution is -2.52. The molecule has 2 heterocycles. The van der Waals surface area contributed by atoms with Crippen molar-refractivity contribution in [2.75, 3.05) is 0 Å². The summed E-state index contributed by atoms with van der Waals surface area (Å²) in [6.45, 7) is 4.71. The lowest BCUT2D eigenvalue weighted by atomic mass is 9.73. The highest BCUT2D eigenvalue weighted by atomic mass is 16.3. The molecule has 0 amide bonds. The molecule has 1 fully saturated rings. The minimum atomic E-state index is 0.535. The summed E-state index contributed by atoms with van der Waals surface area (Å²) in [5.74, 6) is 1.91. The number of furan rings is 1. The van der Waals surface area contributed by atoms with Gasteiger partial charge in [-0.3, -0.25) is 0 Å². The molecule has 4 unspecified atom stereocenters. The van der Waals surface area contributed by atoms with Crippen LogP contribution in [0.1, 0.15) is 57.4 Å². The number of hydrogen-bond acceptors (Lipinski definition) is 2. The Bertz CT molecular complexity index is 998. The predicted octanol–water partition coefficient (Wildman–Crippen LogP) is 6.80. The maximum absolute atomic E-state index is 6.06. The average molecular weight is 374 g/mol. The van der Waals surface area contributed by atoms with Crippen molar-refractivity contribution >= 4 is 21.9 Å². The smallest absolute Gasteiger partial charge is 0.135 e. The molecule has 1 aliphatic carbocycles. The number of para-hydroxylation sites is 1. The van der Waals surface area contributed by atoms with E-state index in [1.807, 2.05) is 6.07 Å². The van der Waals surface area contributed by atoms with E-state index in [1.165, 1.54) is 48.4 Å². The summed E-state index contributed by atoms with van der Waals surface area (Å²) in [6.07, 6.45) is 11.3. The molecule has 0 spiro atoms. The van der Waals surface area contributed by atoms with Gasteiger partial charge in [0.15, 0.2) is 0 Å². The summed E-state index contributed by atoms with van der Waals surface area (Å²) in [5.41, 5.74) is 3.46. The quantitative estimate of drug-likeness (QED) is 0.511. The fourth-order valence-corrected chi connectivity index (χ4v) is 5.42. The second kappa shape index (κ2) is 7.40. The van der Waals surface area contributed by atoms with Gasteiger partial charge >= 0.3 is 0 Å². The molecule has 1 saturated heterocycles. The van der Waals surface area contributed by atoms with Crippen molar-refractivity contribution in [3.05, 3.63) is 60.2 Å². The van der Waals surface area contributed by atoms with E-state index in [9.17, 15) is 0 Å². The Hall–Kier alpha value is -2.06. The first-order valence-electron chi connectivity index (χ1n) is 11.0. The van der Waals surface area contributed by atoms with Crippen LogP contribution in [0.25, 0.3) is 21.9 Å². The van der Waals surface area contributed by atoms with Gasteiger partial charge in [0.05, 0.1) is 0 Å². The van der Waals surface area contributed by atoms with Gasteiger partial charge in [-0.05, 0) is 73.6 Å². The molecule has 2 nitrogen and oxygen atoms in total. The Balaban J connectivity index is 1.54. The molecule has 0 saturated carbocycles. The van der Waals surface area contributed by atoms with E-state index >= 15 is 0 Å². The lowest BCUT2D eigenvalue weighted by molar-refractivity contribution is 0.200. The first kappa shape index (κ1) is 18.0. The van der Waals surface area contributed by atoms with Crippen LogP contribution in [-0.4, -0.2) is 12.1 Å². The first-order valence-corrected chi connectivity index (χ1v) is 11.0. The standard InChI is InChI=1S/C26H31NO/c1-17(2)23-14-13-20(26(27-23)18-8-4-3-5-9-18)19-12-15-25-22(16-19)21-10-6-7-11-24(21)28-25/h4,6-8,10-12,15-18,20,23,26-27H,3,5,9,13-14H2,1-2H3. The molecule has 2 aromatic carbocycles. The summed E-state index contributed by atoms with van der Waals surface area (Å²) in [7, 11) is 0. The van der Waals surface area contributed by atoms with E-state index in [4.69, 9.17) is 4.42 Å². The molecular weight excluding hydrogens is 342 g/mol. The number of hydrogen-bond donors (Lipinski definition) is 1. The molecule has 0 bridgehead atoms. The maximum Gasteiger partial charge on any atom is 0.135 e. The minimum Gasteiger partial charge on any atom is -0.456 e. The zero-order valence-corrected chi connectivity index (χ0v) is 17.0. The highest BCUT2D eigenvalue weighted by molar-refractivity contribution is 6.05. The molecule has 1 N–H and O–H groups in total. The van der Waals surface area contributed by atoms with Crippen LogP contribution in [-0.2, 0) is 0 Å². The Morgan fingerprint density at radius 1 is 0.964 bits per heavy atom. The second-order valence-corrected chi connectivity index (χ2v) is 9.10. The Morgan fingerprint density at radius 2 is 1.82 bits per heavy atom. The molecule has 1 aromatic heterocycles. The highest BCUT2D eigenvalue weighted by Crippen LogP contribution is 2.40. The van der Waals surface area contributed by atoms with E-state index in [1.54, 1.807) is 0 Å². The molecule has 3 aromatic rings. The number of nitrogens with one attached hydrogen (secondary N) is 1. The fourth-order valence-electron chi connectivity index (χ4n) is 5.42. The fraction of sp³-hybridized carbons (Fsp3) is 0.462. The molecule has 2 aliphatic rings. The third kappa shape index (κ3) is 3.18. The van der Waals surface area contributed by atoms with Crippen molar-refractivity contribution in [1.82, 2.24) is 5.32 Å². The Kier molecular flexibility index (Phi) is 4.76. The van der Waals surface area contributed by atoms with Gasteiger partial charge in [0.25, 0.3) is 0 Å². The van der Waals surface area contributed by atoms with E-state index in [0.717, 1.165) is 11.2 Å². The average Bonchev–Trinajstić information content (AvgIpc) is 3.12. The summed E-state index contributed by atoms with van der Waals surface area (Å²) in [5, 5.41) is 6.57. The third-order valence-electron chi connectivity index (χ3n) is 7.02. The van der Waals surface area contributed by atoms with Crippen molar-refractivity contribution < 1.29 is 4.42 Å². The number of allylic oxidation sites excluding steroid dienone is 1. The summed E-state index contributed by atoms with van der Waals surface area (Å²) in [6, 6.07) is 16.5. The van der Waals surface area contributed by atoms with Gasteiger partial charge in [0, 0.05) is 22.9 Å². The number of rotatable bonds is 3. The van der Waals surface area contributed by atoms with Crippen LogP contribution in [0, 0.1) is 11.8 Å². The zero-order valence-electron chi connectivity index (χ0n) is 17.0. The largest absolute Gasteiger partial charge is 0.456 e. The molecule has 146 valence electrons. The van der Waals surface area contributed by atoms with Crippen LogP contribution in [0.2, 0.25) is 0 Å². The van der Waals surface area contributed by atoms with Crippen molar-refractivity contribution in [2.45, 2.75) is 64.0 Å². The monoisotopic (exact) mass is 373 g/mol. The van der Waals surface area contributed by atoms with Gasteiger partial charge in [-0.15, -0.1) is 0 Å². The van der Waals surface area contributed by atoms with Crippen molar-refractivity contribution in [3.8, 4) is 0 Å². The lowest BCUT2D eigenvalue weighted by Gasteiger charge is -2.43. The number of fused-ring (bicyclic) bond motifs is 3. The van der Waals surface area contributed by atoms with Gasteiger partial charge in [-0.1, -0.05) is 50.3 Å². The Labute approximate surface area is 168 Å². The zero-order chi connectivity index (χ0) is 19.1. The van der Waals surface area contributed by atoms with E-state index < -0.39 is 0 Å². The van der Waals surface area contributed by atoms with E-state index in [0.29, 0.717) is 29.8 Å². The summed E-state index contributed by atoms with van der Waals surface area (Å²) in [4.78, 5) is 0. The van der Waals surface area contributed by atoms with Crippen molar-refractivity contribution in [3.63, 3.8) is 0 Å². The summed E-state index contributed by atoms with van der Waals surface area (Å²) >= 11 is 0. The molecule has 4 atom stereocenters.